The molecule has 1 heterocycles. The number of carbonyl (C=O) groups excluding carboxylic acids is 2. The molecule has 1 aliphatic rings. The third-order valence-corrected chi connectivity index (χ3v) is 6.48. The van der Waals surface area contributed by atoms with Crippen LogP contribution in [-0.4, -0.2) is 34.9 Å². The van der Waals surface area contributed by atoms with Crippen molar-refractivity contribution in [3.05, 3.63) is 112 Å². The number of piperidine rings is 1. The van der Waals surface area contributed by atoms with Crippen molar-refractivity contribution < 1.29 is 19.1 Å². The first kappa shape index (κ1) is 23.9. The first-order valence-electron chi connectivity index (χ1n) is 11.0. The maximum atomic E-state index is 13.4. The van der Waals surface area contributed by atoms with Gasteiger partial charge in [0.25, 0.3) is 11.8 Å². The molecule has 2 N–H and O–H groups in total. The van der Waals surface area contributed by atoms with Crippen molar-refractivity contribution >= 4 is 33.8 Å². The molecular formula is C27H24BrFN2O3. The van der Waals surface area contributed by atoms with E-state index in [2.05, 4.69) is 21.2 Å². The highest BCUT2D eigenvalue weighted by Gasteiger charge is 2.36. The molecule has 0 radical (unpaired) electrons. The summed E-state index contributed by atoms with van der Waals surface area (Å²) in [5.41, 5.74) is 0.921. The van der Waals surface area contributed by atoms with Gasteiger partial charge in [-0.15, -0.1) is 0 Å². The number of rotatable bonds is 5. The second kappa shape index (κ2) is 10.3. The van der Waals surface area contributed by atoms with Crippen LogP contribution in [0.4, 0.5) is 4.39 Å². The van der Waals surface area contributed by atoms with Gasteiger partial charge < -0.3 is 15.3 Å². The monoisotopic (exact) mass is 522 g/mol. The lowest BCUT2D eigenvalue weighted by Crippen LogP contribution is -2.47. The zero-order chi connectivity index (χ0) is 24.1. The summed E-state index contributed by atoms with van der Waals surface area (Å²) in [5.74, 6) is -1.28. The van der Waals surface area contributed by atoms with E-state index in [0.29, 0.717) is 25.9 Å². The summed E-state index contributed by atoms with van der Waals surface area (Å²) in [4.78, 5) is 27.8. The van der Waals surface area contributed by atoms with Gasteiger partial charge in [-0.25, -0.2) is 4.39 Å². The van der Waals surface area contributed by atoms with Gasteiger partial charge in [0.05, 0.1) is 5.60 Å². The van der Waals surface area contributed by atoms with Crippen molar-refractivity contribution in [3.8, 4) is 0 Å². The molecule has 4 rings (SSSR count). The van der Waals surface area contributed by atoms with E-state index in [9.17, 15) is 19.1 Å². The summed E-state index contributed by atoms with van der Waals surface area (Å²) in [6, 6.07) is 21.9. The fraction of sp³-hybridized carbons (Fsp3) is 0.185. The molecular weight excluding hydrogens is 499 g/mol. The Morgan fingerprint density at radius 2 is 1.56 bits per heavy atom. The lowest BCUT2D eigenvalue weighted by molar-refractivity contribution is -0.131. The van der Waals surface area contributed by atoms with Crippen LogP contribution in [0.5, 0.6) is 0 Å². The van der Waals surface area contributed by atoms with Gasteiger partial charge in [0.2, 0.25) is 0 Å². The Morgan fingerprint density at radius 3 is 2.18 bits per heavy atom. The van der Waals surface area contributed by atoms with Gasteiger partial charge in [0.1, 0.15) is 11.5 Å². The van der Waals surface area contributed by atoms with Crippen LogP contribution >= 0.6 is 15.9 Å². The SMILES string of the molecule is O=C(N/C(=C\c1ccccc1)C(=O)N1CCC(O)(c2ccc(Br)cc2)CC1)c1ccc(F)cc1. The quantitative estimate of drug-likeness (QED) is 0.469. The second-order valence-electron chi connectivity index (χ2n) is 8.26. The minimum absolute atomic E-state index is 0.120. The van der Waals surface area contributed by atoms with Crippen molar-refractivity contribution in [3.63, 3.8) is 0 Å². The van der Waals surface area contributed by atoms with E-state index < -0.39 is 17.3 Å². The molecule has 0 aromatic heterocycles. The topological polar surface area (TPSA) is 69.6 Å². The summed E-state index contributed by atoms with van der Waals surface area (Å²) < 4.78 is 14.2. The number of hydrogen-bond donors (Lipinski definition) is 2. The molecule has 0 saturated carbocycles. The van der Waals surface area contributed by atoms with E-state index in [-0.39, 0.29) is 17.2 Å². The Morgan fingerprint density at radius 1 is 0.941 bits per heavy atom. The second-order valence-corrected chi connectivity index (χ2v) is 9.18. The van der Waals surface area contributed by atoms with Crippen molar-refractivity contribution in [2.24, 2.45) is 0 Å². The number of benzene rings is 3. The standard InChI is InChI=1S/C27H24BrFN2O3/c28-22-10-8-21(9-11-22)27(34)14-16-31(17-15-27)26(33)24(18-19-4-2-1-3-5-19)30-25(32)20-6-12-23(29)13-7-20/h1-13,18,34H,14-17H2,(H,30,32)/b24-18-. The molecule has 0 aliphatic carbocycles. The maximum absolute atomic E-state index is 13.4. The fourth-order valence-electron chi connectivity index (χ4n) is 3.96. The number of likely N-dealkylation sites (tertiary alicyclic amines) is 1. The highest BCUT2D eigenvalue weighted by Crippen LogP contribution is 2.33. The number of hydrogen-bond acceptors (Lipinski definition) is 3. The third kappa shape index (κ3) is 5.61. The van der Waals surface area contributed by atoms with E-state index in [1.54, 1.807) is 11.0 Å². The first-order valence-corrected chi connectivity index (χ1v) is 11.7. The van der Waals surface area contributed by atoms with Crippen LogP contribution < -0.4 is 5.32 Å². The van der Waals surface area contributed by atoms with Crippen molar-refractivity contribution in [2.45, 2.75) is 18.4 Å². The van der Waals surface area contributed by atoms with Crippen LogP contribution in [0.25, 0.3) is 6.08 Å². The number of nitrogens with zero attached hydrogens (tertiary/aromatic N) is 1. The number of halogens is 2. The molecule has 3 aromatic carbocycles. The van der Waals surface area contributed by atoms with E-state index in [1.807, 2.05) is 54.6 Å². The molecule has 7 heteroatoms. The van der Waals surface area contributed by atoms with Gasteiger partial charge in [-0.05, 0) is 66.4 Å². The molecule has 34 heavy (non-hydrogen) atoms. The predicted octanol–water partition coefficient (Wildman–Crippen LogP) is 4.87. The molecule has 2 amide bonds. The summed E-state index contributed by atoms with van der Waals surface area (Å²) in [6.07, 6.45) is 2.38. The molecule has 0 spiro atoms. The van der Waals surface area contributed by atoms with Crippen LogP contribution in [0.15, 0.2) is 89.0 Å². The fourth-order valence-corrected chi connectivity index (χ4v) is 4.23. The Bertz CT molecular complexity index is 1190. The normalized spacial score (nSPS) is 15.6. The molecule has 1 saturated heterocycles. The van der Waals surface area contributed by atoms with Crippen molar-refractivity contribution in [1.82, 2.24) is 10.2 Å². The molecule has 1 fully saturated rings. The van der Waals surface area contributed by atoms with Gasteiger partial charge in [-0.3, -0.25) is 9.59 Å². The van der Waals surface area contributed by atoms with Gasteiger partial charge >= 0.3 is 0 Å². The van der Waals surface area contributed by atoms with Gasteiger partial charge in [0.15, 0.2) is 0 Å². The lowest BCUT2D eigenvalue weighted by Gasteiger charge is -2.38. The van der Waals surface area contributed by atoms with E-state index in [0.717, 1.165) is 15.6 Å². The van der Waals surface area contributed by atoms with Gasteiger partial charge in [-0.1, -0.05) is 58.4 Å². The zero-order valence-corrected chi connectivity index (χ0v) is 20.0. The molecule has 174 valence electrons. The number of nitrogens with one attached hydrogen (secondary N) is 1. The average molecular weight is 523 g/mol. The average Bonchev–Trinajstić information content (AvgIpc) is 2.85. The van der Waals surface area contributed by atoms with Crippen LogP contribution in [0.1, 0.15) is 34.3 Å². The van der Waals surface area contributed by atoms with Crippen molar-refractivity contribution in [1.29, 1.82) is 0 Å². The number of aliphatic hydroxyl groups is 1. The van der Waals surface area contributed by atoms with Crippen LogP contribution in [0.2, 0.25) is 0 Å². The van der Waals surface area contributed by atoms with E-state index >= 15 is 0 Å². The molecule has 5 nitrogen and oxygen atoms in total. The van der Waals surface area contributed by atoms with Crippen LogP contribution in [-0.2, 0) is 10.4 Å². The maximum Gasteiger partial charge on any atom is 0.270 e. The Balaban J connectivity index is 1.52. The lowest BCUT2D eigenvalue weighted by atomic mass is 9.84. The highest BCUT2D eigenvalue weighted by atomic mass is 79.9. The predicted molar refractivity (Wildman–Crippen MR) is 132 cm³/mol. The molecule has 0 atom stereocenters. The summed E-state index contributed by atoms with van der Waals surface area (Å²) >= 11 is 3.40. The van der Waals surface area contributed by atoms with E-state index in [4.69, 9.17) is 0 Å². The first-order chi connectivity index (χ1) is 16.3. The smallest absolute Gasteiger partial charge is 0.270 e. The number of carbonyl (C=O) groups is 2. The minimum atomic E-state index is -1.02. The van der Waals surface area contributed by atoms with Gasteiger partial charge in [-0.2, -0.15) is 0 Å². The zero-order valence-electron chi connectivity index (χ0n) is 18.4. The van der Waals surface area contributed by atoms with Gasteiger partial charge in [0, 0.05) is 23.1 Å². The summed E-state index contributed by atoms with van der Waals surface area (Å²) in [5, 5.41) is 13.9. The third-order valence-electron chi connectivity index (χ3n) is 5.95. The largest absolute Gasteiger partial charge is 0.385 e. The summed E-state index contributed by atoms with van der Waals surface area (Å²) in [6.45, 7) is 0.674. The van der Waals surface area contributed by atoms with Crippen molar-refractivity contribution in [2.75, 3.05) is 13.1 Å². The van der Waals surface area contributed by atoms with Crippen LogP contribution in [0, 0.1) is 5.82 Å². The van der Waals surface area contributed by atoms with E-state index in [1.165, 1.54) is 24.3 Å². The molecule has 0 unspecified atom stereocenters. The minimum Gasteiger partial charge on any atom is -0.385 e. The Hall–Kier alpha value is -3.29. The highest BCUT2D eigenvalue weighted by molar-refractivity contribution is 9.10. The molecule has 1 aliphatic heterocycles. The summed E-state index contributed by atoms with van der Waals surface area (Å²) in [7, 11) is 0. The molecule has 3 aromatic rings. The molecule has 0 bridgehead atoms. The Labute approximate surface area is 206 Å². The Kier molecular flexibility index (Phi) is 7.24. The van der Waals surface area contributed by atoms with Crippen LogP contribution in [0.3, 0.4) is 0 Å². The number of amides is 2.